The van der Waals surface area contributed by atoms with E-state index in [-0.39, 0.29) is 0 Å². The zero-order chi connectivity index (χ0) is 10.7. The van der Waals surface area contributed by atoms with Gasteiger partial charge < -0.3 is 9.73 Å². The second kappa shape index (κ2) is 4.22. The van der Waals surface area contributed by atoms with E-state index in [4.69, 9.17) is 4.42 Å². The first kappa shape index (κ1) is 9.85. The minimum atomic E-state index is 0.397. The molecule has 2 N–H and O–H groups in total. The van der Waals surface area contributed by atoms with Crippen LogP contribution >= 0.6 is 0 Å². The molecule has 0 amide bonds. The van der Waals surface area contributed by atoms with E-state index in [2.05, 4.69) is 39.6 Å². The zero-order valence-electron chi connectivity index (χ0n) is 8.69. The van der Waals surface area contributed by atoms with Gasteiger partial charge in [-0.2, -0.15) is 5.10 Å². The summed E-state index contributed by atoms with van der Waals surface area (Å²) < 4.78 is 5.43. The average molecular weight is 207 g/mol. The lowest BCUT2D eigenvalue weighted by Crippen LogP contribution is -2.21. The van der Waals surface area contributed by atoms with Crippen molar-refractivity contribution in [1.82, 2.24) is 25.7 Å². The molecule has 2 aromatic heterocycles. The van der Waals surface area contributed by atoms with Crippen molar-refractivity contribution in [2.45, 2.75) is 26.4 Å². The Kier molecular flexibility index (Phi) is 2.77. The van der Waals surface area contributed by atoms with Crippen molar-refractivity contribution in [3.05, 3.63) is 18.3 Å². The number of aromatic nitrogens is 4. The molecule has 0 aliphatic heterocycles. The van der Waals surface area contributed by atoms with Crippen molar-refractivity contribution in [3.8, 4) is 11.5 Å². The van der Waals surface area contributed by atoms with Crippen LogP contribution in [-0.2, 0) is 6.54 Å². The van der Waals surface area contributed by atoms with E-state index >= 15 is 0 Å². The molecular weight excluding hydrogens is 194 g/mol. The van der Waals surface area contributed by atoms with Crippen molar-refractivity contribution in [2.24, 2.45) is 0 Å². The topological polar surface area (TPSA) is 79.6 Å². The molecule has 15 heavy (non-hydrogen) atoms. The van der Waals surface area contributed by atoms with Gasteiger partial charge in [0.15, 0.2) is 0 Å². The van der Waals surface area contributed by atoms with Gasteiger partial charge in [-0.15, -0.1) is 10.2 Å². The number of aromatic amines is 1. The van der Waals surface area contributed by atoms with Crippen molar-refractivity contribution in [1.29, 1.82) is 0 Å². The molecule has 0 spiro atoms. The van der Waals surface area contributed by atoms with Crippen LogP contribution in [0.15, 0.2) is 16.8 Å². The third-order valence-electron chi connectivity index (χ3n) is 1.87. The van der Waals surface area contributed by atoms with E-state index in [0.717, 1.165) is 5.56 Å². The van der Waals surface area contributed by atoms with Crippen molar-refractivity contribution >= 4 is 0 Å². The molecule has 2 aromatic rings. The van der Waals surface area contributed by atoms with Crippen LogP contribution in [0.1, 0.15) is 19.7 Å². The molecule has 0 aromatic carbocycles. The van der Waals surface area contributed by atoms with Gasteiger partial charge in [0.1, 0.15) is 0 Å². The summed E-state index contributed by atoms with van der Waals surface area (Å²) in [7, 11) is 0. The normalized spacial score (nSPS) is 11.1. The smallest absolute Gasteiger partial charge is 0.250 e. The van der Waals surface area contributed by atoms with Crippen LogP contribution in [0.2, 0.25) is 0 Å². The number of hydrogen-bond acceptors (Lipinski definition) is 5. The Morgan fingerprint density at radius 2 is 2.33 bits per heavy atom. The van der Waals surface area contributed by atoms with Crippen LogP contribution < -0.4 is 5.32 Å². The molecule has 0 radical (unpaired) electrons. The second-order valence-electron chi connectivity index (χ2n) is 3.52. The highest BCUT2D eigenvalue weighted by molar-refractivity contribution is 5.48. The van der Waals surface area contributed by atoms with Crippen molar-refractivity contribution < 1.29 is 4.42 Å². The Bertz CT molecular complexity index is 406. The number of hydrogen-bond donors (Lipinski definition) is 2. The molecule has 0 saturated carbocycles. The summed E-state index contributed by atoms with van der Waals surface area (Å²) in [5, 5.41) is 17.6. The fourth-order valence-corrected chi connectivity index (χ4v) is 1.10. The van der Waals surface area contributed by atoms with E-state index in [1.807, 2.05) is 0 Å². The fraction of sp³-hybridized carbons (Fsp3) is 0.444. The monoisotopic (exact) mass is 207 g/mol. The Morgan fingerprint density at radius 1 is 1.47 bits per heavy atom. The minimum absolute atomic E-state index is 0.397. The quantitative estimate of drug-likeness (QED) is 0.780. The third kappa shape index (κ3) is 2.41. The highest BCUT2D eigenvalue weighted by Gasteiger charge is 2.08. The minimum Gasteiger partial charge on any atom is -0.419 e. The average Bonchev–Trinajstić information content (AvgIpc) is 2.85. The standard InChI is InChI=1S/C9H13N5O/c1-6(2)10-5-8-13-14-9(15-8)7-3-11-12-4-7/h3-4,6,10H,5H2,1-2H3,(H,11,12). The fourth-order valence-electron chi connectivity index (χ4n) is 1.10. The maximum Gasteiger partial charge on any atom is 0.250 e. The zero-order valence-corrected chi connectivity index (χ0v) is 8.69. The highest BCUT2D eigenvalue weighted by Crippen LogP contribution is 2.14. The lowest BCUT2D eigenvalue weighted by Gasteiger charge is -2.03. The Balaban J connectivity index is 2.04. The van der Waals surface area contributed by atoms with E-state index in [1.165, 1.54) is 0 Å². The molecule has 0 unspecified atom stereocenters. The molecule has 0 aliphatic carbocycles. The largest absolute Gasteiger partial charge is 0.419 e. The van der Waals surface area contributed by atoms with Gasteiger partial charge in [0.05, 0.1) is 18.3 Å². The molecule has 0 atom stereocenters. The van der Waals surface area contributed by atoms with Crippen LogP contribution in [0.3, 0.4) is 0 Å². The van der Waals surface area contributed by atoms with Crippen LogP contribution in [0.25, 0.3) is 11.5 Å². The number of rotatable bonds is 4. The molecule has 0 fully saturated rings. The van der Waals surface area contributed by atoms with Gasteiger partial charge in [-0.3, -0.25) is 5.10 Å². The van der Waals surface area contributed by atoms with Crippen LogP contribution in [-0.4, -0.2) is 26.4 Å². The van der Waals surface area contributed by atoms with E-state index in [1.54, 1.807) is 12.4 Å². The molecule has 2 heterocycles. The molecule has 6 nitrogen and oxygen atoms in total. The molecule has 6 heteroatoms. The van der Waals surface area contributed by atoms with Gasteiger partial charge in [-0.25, -0.2) is 0 Å². The summed E-state index contributed by atoms with van der Waals surface area (Å²) in [4.78, 5) is 0. The van der Waals surface area contributed by atoms with Crippen LogP contribution in [0.4, 0.5) is 0 Å². The van der Waals surface area contributed by atoms with Gasteiger partial charge in [0, 0.05) is 12.2 Å². The predicted molar refractivity (Wildman–Crippen MR) is 53.9 cm³/mol. The maximum atomic E-state index is 5.43. The molecular formula is C9H13N5O. The first-order chi connectivity index (χ1) is 7.25. The van der Waals surface area contributed by atoms with Crippen molar-refractivity contribution in [3.63, 3.8) is 0 Å². The first-order valence-electron chi connectivity index (χ1n) is 4.80. The summed E-state index contributed by atoms with van der Waals surface area (Å²) in [5.74, 6) is 1.07. The highest BCUT2D eigenvalue weighted by atomic mass is 16.4. The molecule has 0 bridgehead atoms. The van der Waals surface area contributed by atoms with Gasteiger partial charge >= 0.3 is 0 Å². The van der Waals surface area contributed by atoms with E-state index in [0.29, 0.717) is 24.4 Å². The summed E-state index contributed by atoms with van der Waals surface area (Å²) in [6, 6.07) is 0.397. The SMILES string of the molecule is CC(C)NCc1nnc(-c2cn[nH]c2)o1. The van der Waals surface area contributed by atoms with Crippen LogP contribution in [0, 0.1) is 0 Å². The predicted octanol–water partition coefficient (Wildman–Crippen LogP) is 0.958. The van der Waals surface area contributed by atoms with Crippen LogP contribution in [0.5, 0.6) is 0 Å². The Morgan fingerprint density at radius 3 is 3.00 bits per heavy atom. The maximum absolute atomic E-state index is 5.43. The summed E-state index contributed by atoms with van der Waals surface area (Å²) in [5.41, 5.74) is 0.804. The van der Waals surface area contributed by atoms with Gasteiger partial charge in [0.25, 0.3) is 5.89 Å². The molecule has 80 valence electrons. The first-order valence-corrected chi connectivity index (χ1v) is 4.80. The summed E-state index contributed by atoms with van der Waals surface area (Å²) >= 11 is 0. The number of nitrogens with zero attached hydrogens (tertiary/aromatic N) is 3. The Hall–Kier alpha value is -1.69. The van der Waals surface area contributed by atoms with Gasteiger partial charge in [-0.05, 0) is 0 Å². The number of H-pyrrole nitrogens is 1. The second-order valence-corrected chi connectivity index (χ2v) is 3.52. The lowest BCUT2D eigenvalue weighted by molar-refractivity contribution is 0.459. The summed E-state index contributed by atoms with van der Waals surface area (Å²) in [6.45, 7) is 4.71. The van der Waals surface area contributed by atoms with E-state index in [9.17, 15) is 0 Å². The molecule has 0 aliphatic rings. The van der Waals surface area contributed by atoms with E-state index < -0.39 is 0 Å². The van der Waals surface area contributed by atoms with Crippen molar-refractivity contribution in [2.75, 3.05) is 0 Å². The lowest BCUT2D eigenvalue weighted by atomic mass is 10.4. The Labute approximate surface area is 87.1 Å². The molecule has 0 saturated heterocycles. The van der Waals surface area contributed by atoms with Gasteiger partial charge in [0.2, 0.25) is 5.89 Å². The third-order valence-corrected chi connectivity index (χ3v) is 1.87. The molecule has 2 rings (SSSR count). The summed E-state index contributed by atoms with van der Waals surface area (Å²) in [6.07, 6.45) is 3.36. The number of nitrogens with one attached hydrogen (secondary N) is 2. The van der Waals surface area contributed by atoms with Gasteiger partial charge in [-0.1, -0.05) is 13.8 Å².